The summed E-state index contributed by atoms with van der Waals surface area (Å²) in [7, 11) is 5.06. The Kier molecular flexibility index (Phi) is 8.67. The summed E-state index contributed by atoms with van der Waals surface area (Å²) in [6, 6.07) is 5.94. The van der Waals surface area contributed by atoms with Gasteiger partial charge in [-0.3, -0.25) is 4.79 Å². The van der Waals surface area contributed by atoms with Crippen LogP contribution in [0.25, 0.3) is 0 Å². The highest BCUT2D eigenvalue weighted by Crippen LogP contribution is 2.23. The minimum absolute atomic E-state index is 0.133. The Labute approximate surface area is 156 Å². The molecule has 0 unspecified atom stereocenters. The van der Waals surface area contributed by atoms with E-state index in [0.717, 1.165) is 50.6 Å². The fourth-order valence-electron chi connectivity index (χ4n) is 3.33. The summed E-state index contributed by atoms with van der Waals surface area (Å²) in [4.78, 5) is 14.9. The summed E-state index contributed by atoms with van der Waals surface area (Å²) in [6.07, 6.45) is 0.859. The lowest BCUT2D eigenvalue weighted by Crippen LogP contribution is -3.28. The summed E-state index contributed by atoms with van der Waals surface area (Å²) in [5.41, 5.74) is 1.17. The van der Waals surface area contributed by atoms with E-state index in [2.05, 4.69) is 11.4 Å². The second-order valence-electron chi connectivity index (χ2n) is 6.73. The molecule has 0 aromatic heterocycles. The molecule has 1 amide bonds. The molecule has 26 heavy (non-hydrogen) atoms. The first kappa shape index (κ1) is 20.5. The molecule has 3 N–H and O–H groups in total. The second kappa shape index (κ2) is 11.0. The molecule has 0 radical (unpaired) electrons. The number of carbonyl (C=O) groups is 1. The Morgan fingerprint density at radius 2 is 1.81 bits per heavy atom. The van der Waals surface area contributed by atoms with Crippen molar-refractivity contribution in [2.24, 2.45) is 0 Å². The molecule has 1 aliphatic heterocycles. The van der Waals surface area contributed by atoms with Gasteiger partial charge in [0.2, 0.25) is 0 Å². The second-order valence-corrected chi connectivity index (χ2v) is 6.73. The van der Waals surface area contributed by atoms with Crippen molar-refractivity contribution >= 4 is 5.91 Å². The molecule has 1 heterocycles. The molecule has 7 nitrogen and oxygen atoms in total. The molecule has 1 fully saturated rings. The van der Waals surface area contributed by atoms with E-state index >= 15 is 0 Å². The highest BCUT2D eigenvalue weighted by Gasteiger charge is 2.25. The number of rotatable bonds is 10. The standard InChI is InChI=1S/C19H31N3O4/c1-24-12-4-7-20-19(23)15-22-10-8-21(9-11-22)14-16-13-17(25-2)5-6-18(16)26-3/h5-6,13H,4,7-12,14-15H2,1-3H3,(H,20,23)/p+2. The van der Waals surface area contributed by atoms with Gasteiger partial charge in [0, 0.05) is 20.3 Å². The third kappa shape index (κ3) is 6.48. The van der Waals surface area contributed by atoms with Gasteiger partial charge in [-0.15, -0.1) is 0 Å². The molecule has 146 valence electrons. The van der Waals surface area contributed by atoms with Crippen molar-refractivity contribution in [1.29, 1.82) is 0 Å². The SMILES string of the molecule is COCCCNC(=O)C[NH+]1CC[NH+](Cc2cc(OC)ccc2OC)CC1. The minimum atomic E-state index is 0.133. The Balaban J connectivity index is 1.75. The van der Waals surface area contributed by atoms with E-state index in [-0.39, 0.29) is 5.91 Å². The third-order valence-electron chi connectivity index (χ3n) is 4.85. The fraction of sp³-hybridized carbons (Fsp3) is 0.632. The maximum Gasteiger partial charge on any atom is 0.275 e. The van der Waals surface area contributed by atoms with Crippen molar-refractivity contribution in [2.45, 2.75) is 13.0 Å². The lowest BCUT2D eigenvalue weighted by molar-refractivity contribution is -1.02. The van der Waals surface area contributed by atoms with Crippen LogP contribution in [0.5, 0.6) is 11.5 Å². The fourth-order valence-corrected chi connectivity index (χ4v) is 3.33. The van der Waals surface area contributed by atoms with E-state index in [1.807, 2.05) is 12.1 Å². The average Bonchev–Trinajstić information content (AvgIpc) is 2.66. The van der Waals surface area contributed by atoms with Crippen LogP contribution >= 0.6 is 0 Å². The van der Waals surface area contributed by atoms with Gasteiger partial charge in [-0.25, -0.2) is 0 Å². The van der Waals surface area contributed by atoms with Gasteiger partial charge < -0.3 is 29.3 Å². The smallest absolute Gasteiger partial charge is 0.275 e. The largest absolute Gasteiger partial charge is 0.497 e. The number of carbonyl (C=O) groups excluding carboxylic acids is 1. The summed E-state index contributed by atoms with van der Waals surface area (Å²) in [5, 5.41) is 2.97. The van der Waals surface area contributed by atoms with Crippen LogP contribution in [0.1, 0.15) is 12.0 Å². The highest BCUT2D eigenvalue weighted by molar-refractivity contribution is 5.76. The highest BCUT2D eigenvalue weighted by atomic mass is 16.5. The average molecular weight is 367 g/mol. The summed E-state index contributed by atoms with van der Waals surface area (Å²) in [6.45, 7) is 6.95. The first-order chi connectivity index (χ1) is 12.7. The molecule has 1 aromatic carbocycles. The number of piperazine rings is 1. The molecule has 0 spiro atoms. The van der Waals surface area contributed by atoms with Crippen molar-refractivity contribution in [3.63, 3.8) is 0 Å². The van der Waals surface area contributed by atoms with Gasteiger partial charge in [0.25, 0.3) is 5.91 Å². The van der Waals surface area contributed by atoms with Crippen molar-refractivity contribution in [2.75, 3.05) is 67.2 Å². The first-order valence-electron chi connectivity index (χ1n) is 9.30. The van der Waals surface area contributed by atoms with Crippen LogP contribution in [0.3, 0.4) is 0 Å². The van der Waals surface area contributed by atoms with Crippen LogP contribution in [-0.2, 0) is 16.1 Å². The zero-order chi connectivity index (χ0) is 18.8. The van der Waals surface area contributed by atoms with Crippen LogP contribution < -0.4 is 24.6 Å². The van der Waals surface area contributed by atoms with Crippen molar-refractivity contribution < 1.29 is 28.8 Å². The number of quaternary nitrogens is 2. The van der Waals surface area contributed by atoms with Crippen molar-refractivity contribution in [1.82, 2.24) is 5.32 Å². The quantitative estimate of drug-likeness (QED) is 0.425. The molecule has 1 aromatic rings. The summed E-state index contributed by atoms with van der Waals surface area (Å²) in [5.74, 6) is 1.90. The molecule has 0 aliphatic carbocycles. The zero-order valence-electron chi connectivity index (χ0n) is 16.2. The Morgan fingerprint density at radius 3 is 2.46 bits per heavy atom. The molecular weight excluding hydrogens is 334 g/mol. The molecule has 0 atom stereocenters. The Morgan fingerprint density at radius 1 is 1.08 bits per heavy atom. The third-order valence-corrected chi connectivity index (χ3v) is 4.85. The molecular formula is C19H33N3O4+2. The molecule has 1 aliphatic rings. The van der Waals surface area contributed by atoms with Gasteiger partial charge in [-0.2, -0.15) is 0 Å². The minimum Gasteiger partial charge on any atom is -0.497 e. The molecule has 0 bridgehead atoms. The van der Waals surface area contributed by atoms with Crippen LogP contribution in [0, 0.1) is 0 Å². The predicted molar refractivity (Wildman–Crippen MR) is 99.0 cm³/mol. The van der Waals surface area contributed by atoms with Crippen molar-refractivity contribution in [3.05, 3.63) is 23.8 Å². The van der Waals surface area contributed by atoms with E-state index in [1.54, 1.807) is 21.3 Å². The van der Waals surface area contributed by atoms with Gasteiger partial charge in [-0.1, -0.05) is 0 Å². The van der Waals surface area contributed by atoms with E-state index in [0.29, 0.717) is 19.7 Å². The predicted octanol–water partition coefficient (Wildman–Crippen LogP) is -1.86. The maximum atomic E-state index is 12.0. The number of ether oxygens (including phenoxy) is 3. The number of nitrogens with one attached hydrogen (secondary N) is 3. The van der Waals surface area contributed by atoms with Crippen LogP contribution in [0.2, 0.25) is 0 Å². The number of benzene rings is 1. The summed E-state index contributed by atoms with van der Waals surface area (Å²) >= 11 is 0. The topological polar surface area (TPSA) is 65.7 Å². The van der Waals surface area contributed by atoms with Crippen LogP contribution in [-0.4, -0.2) is 73.1 Å². The number of hydrogen-bond acceptors (Lipinski definition) is 4. The number of hydrogen-bond donors (Lipinski definition) is 3. The Hall–Kier alpha value is -1.83. The number of methoxy groups -OCH3 is 3. The van der Waals surface area contributed by atoms with Crippen molar-refractivity contribution in [3.8, 4) is 11.5 Å². The molecule has 2 rings (SSSR count). The number of amides is 1. The molecule has 1 saturated heterocycles. The van der Waals surface area contributed by atoms with E-state index in [1.165, 1.54) is 15.4 Å². The zero-order valence-corrected chi connectivity index (χ0v) is 16.2. The Bertz CT molecular complexity index is 560. The van der Waals surface area contributed by atoms with Gasteiger partial charge >= 0.3 is 0 Å². The van der Waals surface area contributed by atoms with Gasteiger partial charge in [0.1, 0.15) is 44.2 Å². The van der Waals surface area contributed by atoms with E-state index < -0.39 is 0 Å². The lowest BCUT2D eigenvalue weighted by Gasteiger charge is -2.29. The molecule has 7 heteroatoms. The summed E-state index contributed by atoms with van der Waals surface area (Å²) < 4.78 is 15.8. The lowest BCUT2D eigenvalue weighted by atomic mass is 10.1. The van der Waals surface area contributed by atoms with Gasteiger partial charge in [0.05, 0.1) is 19.8 Å². The van der Waals surface area contributed by atoms with Crippen LogP contribution in [0.15, 0.2) is 18.2 Å². The van der Waals surface area contributed by atoms with E-state index in [9.17, 15) is 4.79 Å². The monoisotopic (exact) mass is 367 g/mol. The maximum absolute atomic E-state index is 12.0. The van der Waals surface area contributed by atoms with Crippen LogP contribution in [0.4, 0.5) is 0 Å². The normalized spacial score (nSPS) is 19.8. The first-order valence-corrected chi connectivity index (χ1v) is 9.30. The van der Waals surface area contributed by atoms with E-state index in [4.69, 9.17) is 14.2 Å². The van der Waals surface area contributed by atoms with Gasteiger partial charge in [-0.05, 0) is 24.6 Å². The molecule has 0 saturated carbocycles. The van der Waals surface area contributed by atoms with Gasteiger partial charge in [0.15, 0.2) is 6.54 Å².